The summed E-state index contributed by atoms with van der Waals surface area (Å²) in [5.41, 5.74) is 1.96. The average Bonchev–Trinajstić information content (AvgIpc) is 2.91. The molecule has 1 heterocycles. The third kappa shape index (κ3) is 4.42. The quantitative estimate of drug-likeness (QED) is 0.860. The lowest BCUT2D eigenvalue weighted by atomic mass is 10.2. The molecule has 1 N–H and O–H groups in total. The van der Waals surface area contributed by atoms with E-state index in [2.05, 4.69) is 10.4 Å². The van der Waals surface area contributed by atoms with Gasteiger partial charge in [-0.05, 0) is 12.5 Å². The topological polar surface area (TPSA) is 81.1 Å². The van der Waals surface area contributed by atoms with E-state index in [9.17, 15) is 13.2 Å². The van der Waals surface area contributed by atoms with Crippen molar-refractivity contribution in [3.63, 3.8) is 0 Å². The Bertz CT molecular complexity index is 738. The second kappa shape index (κ2) is 6.74. The van der Waals surface area contributed by atoms with Crippen molar-refractivity contribution < 1.29 is 13.2 Å². The van der Waals surface area contributed by atoms with E-state index in [0.29, 0.717) is 6.54 Å². The molecule has 2 rings (SSSR count). The van der Waals surface area contributed by atoms with Crippen LogP contribution in [0.15, 0.2) is 42.7 Å². The van der Waals surface area contributed by atoms with Crippen LogP contribution in [0.3, 0.4) is 0 Å². The van der Waals surface area contributed by atoms with E-state index >= 15 is 0 Å². The molecule has 0 spiro atoms. The van der Waals surface area contributed by atoms with Crippen molar-refractivity contribution in [2.45, 2.75) is 25.3 Å². The molecule has 0 fully saturated rings. The zero-order chi connectivity index (χ0) is 16.2. The Labute approximate surface area is 130 Å². The van der Waals surface area contributed by atoms with Crippen LogP contribution < -0.4 is 5.32 Å². The summed E-state index contributed by atoms with van der Waals surface area (Å²) in [4.78, 5) is 11.7. The molecule has 0 saturated carbocycles. The molecular formula is C15H19N3O3S. The predicted molar refractivity (Wildman–Crippen MR) is 83.9 cm³/mol. The molecule has 0 aliphatic rings. The second-order valence-electron chi connectivity index (χ2n) is 5.22. The van der Waals surface area contributed by atoms with Crippen molar-refractivity contribution in [1.29, 1.82) is 0 Å². The van der Waals surface area contributed by atoms with E-state index in [1.54, 1.807) is 10.9 Å². The Hall–Kier alpha value is -2.15. The molecule has 118 valence electrons. The van der Waals surface area contributed by atoms with E-state index < -0.39 is 21.0 Å². The molecule has 0 aliphatic carbocycles. The van der Waals surface area contributed by atoms with Crippen LogP contribution in [0.25, 0.3) is 0 Å². The van der Waals surface area contributed by atoms with Crippen molar-refractivity contribution in [1.82, 2.24) is 15.1 Å². The molecule has 7 heteroatoms. The SMILES string of the molecule is C[C@H](C(=O)NCc1cnn(Cc2ccccc2)c1)S(C)(=O)=O. The molecule has 1 atom stereocenters. The molecule has 1 aromatic heterocycles. The fourth-order valence-electron chi connectivity index (χ4n) is 1.88. The largest absolute Gasteiger partial charge is 0.351 e. The number of hydrogen-bond donors (Lipinski definition) is 1. The van der Waals surface area contributed by atoms with Crippen LogP contribution in [0.5, 0.6) is 0 Å². The predicted octanol–water partition coefficient (Wildman–Crippen LogP) is 0.981. The Morgan fingerprint density at radius 1 is 1.27 bits per heavy atom. The normalized spacial score (nSPS) is 12.8. The van der Waals surface area contributed by atoms with Crippen molar-refractivity contribution >= 4 is 15.7 Å². The highest BCUT2D eigenvalue weighted by molar-refractivity contribution is 7.92. The van der Waals surface area contributed by atoms with E-state index in [1.165, 1.54) is 6.92 Å². The van der Waals surface area contributed by atoms with Gasteiger partial charge in [-0.1, -0.05) is 30.3 Å². The van der Waals surface area contributed by atoms with E-state index in [4.69, 9.17) is 0 Å². The molecule has 0 aliphatic heterocycles. The lowest BCUT2D eigenvalue weighted by Gasteiger charge is -2.09. The van der Waals surface area contributed by atoms with E-state index in [-0.39, 0.29) is 6.54 Å². The second-order valence-corrected chi connectivity index (χ2v) is 7.59. The van der Waals surface area contributed by atoms with Gasteiger partial charge < -0.3 is 5.32 Å². The monoisotopic (exact) mass is 321 g/mol. The summed E-state index contributed by atoms with van der Waals surface area (Å²) < 4.78 is 24.4. The van der Waals surface area contributed by atoms with Gasteiger partial charge in [0.25, 0.3) is 0 Å². The van der Waals surface area contributed by atoms with Crippen LogP contribution >= 0.6 is 0 Å². The number of hydrogen-bond acceptors (Lipinski definition) is 4. The van der Waals surface area contributed by atoms with Crippen molar-refractivity contribution in [3.8, 4) is 0 Å². The van der Waals surface area contributed by atoms with Gasteiger partial charge in [0.1, 0.15) is 5.25 Å². The number of sulfone groups is 1. The van der Waals surface area contributed by atoms with Gasteiger partial charge in [-0.25, -0.2) is 8.42 Å². The van der Waals surface area contributed by atoms with Crippen molar-refractivity contribution in [2.24, 2.45) is 0 Å². The Morgan fingerprint density at radius 3 is 2.59 bits per heavy atom. The Balaban J connectivity index is 1.91. The summed E-state index contributed by atoms with van der Waals surface area (Å²) in [6, 6.07) is 9.91. The third-order valence-corrected chi connectivity index (χ3v) is 4.85. The molecule has 2 aromatic rings. The number of nitrogens with one attached hydrogen (secondary N) is 1. The number of aromatic nitrogens is 2. The number of nitrogens with zero attached hydrogens (tertiary/aromatic N) is 2. The maximum absolute atomic E-state index is 11.7. The maximum Gasteiger partial charge on any atom is 0.238 e. The number of carbonyl (C=O) groups is 1. The Kier molecular flexibility index (Phi) is 4.97. The van der Waals surface area contributed by atoms with Crippen LogP contribution in [0.4, 0.5) is 0 Å². The molecule has 1 aromatic carbocycles. The zero-order valence-corrected chi connectivity index (χ0v) is 13.4. The van der Waals surface area contributed by atoms with Crippen LogP contribution in [-0.2, 0) is 27.7 Å². The van der Waals surface area contributed by atoms with Crippen LogP contribution in [0, 0.1) is 0 Å². The Morgan fingerprint density at radius 2 is 1.95 bits per heavy atom. The summed E-state index contributed by atoms with van der Waals surface area (Å²) in [6.07, 6.45) is 4.54. The van der Waals surface area contributed by atoms with E-state index in [0.717, 1.165) is 17.4 Å². The first-order valence-electron chi connectivity index (χ1n) is 6.88. The third-order valence-electron chi connectivity index (χ3n) is 3.35. The molecule has 0 radical (unpaired) electrons. The molecule has 0 bridgehead atoms. The van der Waals surface area contributed by atoms with Crippen molar-refractivity contribution in [2.75, 3.05) is 6.26 Å². The standard InChI is InChI=1S/C15H19N3O3S/c1-12(22(2,20)21)15(19)16-8-14-9-17-18(11-14)10-13-6-4-3-5-7-13/h3-7,9,11-12H,8,10H2,1-2H3,(H,16,19)/t12-/m1/s1. The fraction of sp³-hybridized carbons (Fsp3) is 0.333. The first-order valence-corrected chi connectivity index (χ1v) is 8.83. The average molecular weight is 321 g/mol. The van der Waals surface area contributed by atoms with Gasteiger partial charge in [-0.15, -0.1) is 0 Å². The number of rotatable bonds is 6. The first kappa shape index (κ1) is 16.2. The van der Waals surface area contributed by atoms with Gasteiger partial charge in [0, 0.05) is 24.6 Å². The summed E-state index contributed by atoms with van der Waals surface area (Å²) in [7, 11) is -3.37. The lowest BCUT2D eigenvalue weighted by molar-refractivity contribution is -0.120. The van der Waals surface area contributed by atoms with Crippen LogP contribution in [0.1, 0.15) is 18.1 Å². The van der Waals surface area contributed by atoms with Gasteiger partial charge in [0.2, 0.25) is 5.91 Å². The highest BCUT2D eigenvalue weighted by atomic mass is 32.2. The number of carbonyl (C=O) groups excluding carboxylic acids is 1. The van der Waals surface area contributed by atoms with E-state index in [1.807, 2.05) is 36.5 Å². The summed E-state index contributed by atoms with van der Waals surface area (Å²) >= 11 is 0. The minimum absolute atomic E-state index is 0.257. The summed E-state index contributed by atoms with van der Waals surface area (Å²) in [6.45, 7) is 2.28. The summed E-state index contributed by atoms with van der Waals surface area (Å²) in [5.74, 6) is -0.502. The molecule has 1 amide bonds. The molecule has 0 unspecified atom stereocenters. The van der Waals surface area contributed by atoms with Crippen molar-refractivity contribution in [3.05, 3.63) is 53.9 Å². The van der Waals surface area contributed by atoms with Gasteiger partial charge >= 0.3 is 0 Å². The molecule has 22 heavy (non-hydrogen) atoms. The van der Waals surface area contributed by atoms with Gasteiger partial charge in [0.15, 0.2) is 9.84 Å². The van der Waals surface area contributed by atoms with Gasteiger partial charge in [-0.2, -0.15) is 5.10 Å². The maximum atomic E-state index is 11.7. The number of benzene rings is 1. The zero-order valence-electron chi connectivity index (χ0n) is 12.6. The van der Waals surface area contributed by atoms with Gasteiger partial charge in [-0.3, -0.25) is 9.48 Å². The van der Waals surface area contributed by atoms with Gasteiger partial charge in [0.05, 0.1) is 12.7 Å². The fourth-order valence-corrected chi connectivity index (χ4v) is 2.35. The minimum Gasteiger partial charge on any atom is -0.351 e. The lowest BCUT2D eigenvalue weighted by Crippen LogP contribution is -2.36. The van der Waals surface area contributed by atoms with Crippen LogP contribution in [-0.4, -0.2) is 35.6 Å². The first-order chi connectivity index (χ1) is 10.4. The molecule has 0 saturated heterocycles. The number of amides is 1. The molecular weight excluding hydrogens is 302 g/mol. The minimum atomic E-state index is -3.37. The smallest absolute Gasteiger partial charge is 0.238 e. The summed E-state index contributed by atoms with van der Waals surface area (Å²) in [5, 5.41) is 5.79. The highest BCUT2D eigenvalue weighted by Gasteiger charge is 2.23. The molecule has 6 nitrogen and oxygen atoms in total. The van der Waals surface area contributed by atoms with Crippen LogP contribution in [0.2, 0.25) is 0 Å². The highest BCUT2D eigenvalue weighted by Crippen LogP contribution is 2.04.